The number of carbonyl (C=O) groups is 1. The van der Waals surface area contributed by atoms with Crippen LogP contribution in [-0.2, 0) is 4.79 Å². The van der Waals surface area contributed by atoms with E-state index in [0.29, 0.717) is 6.42 Å². The van der Waals surface area contributed by atoms with Crippen LogP contribution in [0.25, 0.3) is 0 Å². The van der Waals surface area contributed by atoms with E-state index in [2.05, 4.69) is 9.84 Å². The molecule has 0 spiro atoms. The molecular formula is C20H20ClF3N2O5. The van der Waals surface area contributed by atoms with Crippen molar-refractivity contribution in [2.45, 2.75) is 50.9 Å². The standard InChI is InChI=1S/C20H20ClF3N2O5/c21-15-9-13(31-20(22,23)24)6-7-17(15)30-14-10-18(27)26(25-11-14)16(19(28)29)8-12-4-2-1-3-5-12/h6-7,9-12,16H,1-5,8H2,(H,28,29). The summed E-state index contributed by atoms with van der Waals surface area (Å²) in [5, 5.41) is 13.4. The number of carboxylic acids is 1. The molecule has 1 aliphatic carbocycles. The highest BCUT2D eigenvalue weighted by molar-refractivity contribution is 6.32. The van der Waals surface area contributed by atoms with Crippen molar-refractivity contribution in [2.24, 2.45) is 5.92 Å². The fourth-order valence-corrected chi connectivity index (χ4v) is 3.83. The van der Waals surface area contributed by atoms with Crippen LogP contribution in [-0.4, -0.2) is 27.2 Å². The SMILES string of the molecule is O=C(O)C(CC1CCCCC1)n1ncc(Oc2ccc(OC(F)(F)F)cc2Cl)cc1=O. The van der Waals surface area contributed by atoms with Gasteiger partial charge in [0.25, 0.3) is 5.56 Å². The molecule has 1 heterocycles. The fourth-order valence-electron chi connectivity index (χ4n) is 3.62. The number of hydrogen-bond acceptors (Lipinski definition) is 5. The van der Waals surface area contributed by atoms with Crippen molar-refractivity contribution in [3.63, 3.8) is 0 Å². The lowest BCUT2D eigenvalue weighted by Crippen LogP contribution is -2.33. The Bertz CT molecular complexity index is 990. The number of carboxylic acid groups (broad SMARTS) is 1. The Morgan fingerprint density at radius 1 is 1.23 bits per heavy atom. The van der Waals surface area contributed by atoms with Crippen LogP contribution in [0.2, 0.25) is 5.02 Å². The average Bonchev–Trinajstić information content (AvgIpc) is 2.68. The topological polar surface area (TPSA) is 90.7 Å². The Hall–Kier alpha value is -2.75. The number of alkyl halides is 3. The van der Waals surface area contributed by atoms with Gasteiger partial charge in [-0.15, -0.1) is 13.2 Å². The van der Waals surface area contributed by atoms with Crippen molar-refractivity contribution in [1.82, 2.24) is 9.78 Å². The van der Waals surface area contributed by atoms with Crippen molar-refractivity contribution < 1.29 is 32.5 Å². The summed E-state index contributed by atoms with van der Waals surface area (Å²) in [6.45, 7) is 0. The zero-order chi connectivity index (χ0) is 22.6. The summed E-state index contributed by atoms with van der Waals surface area (Å²) >= 11 is 5.93. The summed E-state index contributed by atoms with van der Waals surface area (Å²) in [4.78, 5) is 24.2. The second-order valence-electron chi connectivity index (χ2n) is 7.31. The summed E-state index contributed by atoms with van der Waals surface area (Å²) in [7, 11) is 0. The average molecular weight is 461 g/mol. The van der Waals surface area contributed by atoms with Crippen LogP contribution in [0.3, 0.4) is 0 Å². The van der Waals surface area contributed by atoms with Crippen molar-refractivity contribution in [1.29, 1.82) is 0 Å². The van der Waals surface area contributed by atoms with Crippen molar-refractivity contribution in [3.8, 4) is 17.2 Å². The van der Waals surface area contributed by atoms with Gasteiger partial charge in [-0.05, 0) is 24.5 Å². The Morgan fingerprint density at radius 3 is 2.52 bits per heavy atom. The van der Waals surface area contributed by atoms with Gasteiger partial charge in [0.1, 0.15) is 11.5 Å². The molecule has 1 unspecified atom stereocenters. The zero-order valence-electron chi connectivity index (χ0n) is 16.3. The quantitative estimate of drug-likeness (QED) is 0.612. The lowest BCUT2D eigenvalue weighted by molar-refractivity contribution is -0.274. The fraction of sp³-hybridized carbons (Fsp3) is 0.450. The third-order valence-electron chi connectivity index (χ3n) is 5.03. The minimum Gasteiger partial charge on any atom is -0.480 e. The first-order chi connectivity index (χ1) is 14.6. The summed E-state index contributed by atoms with van der Waals surface area (Å²) < 4.78 is 47.0. The molecule has 0 aliphatic heterocycles. The molecule has 1 fully saturated rings. The number of nitrogens with zero attached hydrogens (tertiary/aromatic N) is 2. The van der Waals surface area contributed by atoms with E-state index >= 15 is 0 Å². The van der Waals surface area contributed by atoms with Gasteiger partial charge in [-0.3, -0.25) is 4.79 Å². The van der Waals surface area contributed by atoms with E-state index in [1.54, 1.807) is 0 Å². The van der Waals surface area contributed by atoms with E-state index in [-0.39, 0.29) is 22.4 Å². The molecule has 3 rings (SSSR count). The maximum Gasteiger partial charge on any atom is 0.573 e. The van der Waals surface area contributed by atoms with E-state index in [1.165, 1.54) is 0 Å². The van der Waals surface area contributed by atoms with E-state index in [1.807, 2.05) is 0 Å². The van der Waals surface area contributed by atoms with Gasteiger partial charge in [-0.2, -0.15) is 5.10 Å². The van der Waals surface area contributed by atoms with Gasteiger partial charge in [0.05, 0.1) is 11.2 Å². The molecule has 0 bridgehead atoms. The first kappa shape index (κ1) is 22.9. The number of benzene rings is 1. The highest BCUT2D eigenvalue weighted by Crippen LogP contribution is 2.34. The first-order valence-corrected chi connectivity index (χ1v) is 10.0. The normalized spacial score (nSPS) is 16.0. The smallest absolute Gasteiger partial charge is 0.480 e. The number of hydrogen-bond donors (Lipinski definition) is 1. The second kappa shape index (κ2) is 9.59. The second-order valence-corrected chi connectivity index (χ2v) is 7.72. The van der Waals surface area contributed by atoms with Crippen LogP contribution in [0, 0.1) is 5.92 Å². The highest BCUT2D eigenvalue weighted by atomic mass is 35.5. The lowest BCUT2D eigenvalue weighted by Gasteiger charge is -2.25. The Balaban J connectivity index is 1.75. The predicted molar refractivity (Wildman–Crippen MR) is 105 cm³/mol. The molecule has 1 aromatic carbocycles. The molecule has 2 aromatic rings. The maximum absolute atomic E-state index is 12.5. The predicted octanol–water partition coefficient (Wildman–Crippen LogP) is 5.18. The summed E-state index contributed by atoms with van der Waals surface area (Å²) in [6, 6.07) is 3.04. The van der Waals surface area contributed by atoms with E-state index in [4.69, 9.17) is 16.3 Å². The monoisotopic (exact) mass is 460 g/mol. The van der Waals surface area contributed by atoms with Crippen LogP contribution in [0.1, 0.15) is 44.6 Å². The number of ether oxygens (including phenoxy) is 2. The number of aliphatic carboxylic acids is 1. The zero-order valence-corrected chi connectivity index (χ0v) is 17.0. The van der Waals surface area contributed by atoms with Crippen LogP contribution in [0.5, 0.6) is 17.2 Å². The van der Waals surface area contributed by atoms with Crippen molar-refractivity contribution in [2.75, 3.05) is 0 Å². The van der Waals surface area contributed by atoms with Gasteiger partial charge in [0.15, 0.2) is 11.8 Å². The summed E-state index contributed by atoms with van der Waals surface area (Å²) in [5.41, 5.74) is -0.672. The molecule has 0 amide bonds. The van der Waals surface area contributed by atoms with Crippen LogP contribution in [0.15, 0.2) is 35.3 Å². The summed E-state index contributed by atoms with van der Waals surface area (Å²) in [5.74, 6) is -1.50. The van der Waals surface area contributed by atoms with Crippen LogP contribution in [0.4, 0.5) is 13.2 Å². The molecule has 31 heavy (non-hydrogen) atoms. The third kappa shape index (κ3) is 6.36. The molecule has 1 atom stereocenters. The Morgan fingerprint density at radius 2 is 1.94 bits per heavy atom. The number of halogens is 4. The van der Waals surface area contributed by atoms with E-state index in [0.717, 1.165) is 67.2 Å². The van der Waals surface area contributed by atoms with Gasteiger partial charge >= 0.3 is 12.3 Å². The summed E-state index contributed by atoms with van der Waals surface area (Å²) in [6.07, 6.45) is 1.67. The Kier molecular flexibility index (Phi) is 7.09. The van der Waals surface area contributed by atoms with Crippen LogP contribution < -0.4 is 15.0 Å². The van der Waals surface area contributed by atoms with Gasteiger partial charge in [-0.1, -0.05) is 43.7 Å². The molecule has 0 saturated heterocycles. The van der Waals surface area contributed by atoms with Gasteiger partial charge in [0.2, 0.25) is 0 Å². The highest BCUT2D eigenvalue weighted by Gasteiger charge is 2.31. The van der Waals surface area contributed by atoms with Crippen molar-refractivity contribution >= 4 is 17.6 Å². The van der Waals surface area contributed by atoms with Gasteiger partial charge in [0, 0.05) is 12.1 Å². The molecule has 0 radical (unpaired) electrons. The number of aromatic nitrogens is 2. The van der Waals surface area contributed by atoms with E-state index < -0.39 is 29.7 Å². The first-order valence-electron chi connectivity index (χ1n) is 9.67. The van der Waals surface area contributed by atoms with E-state index in [9.17, 15) is 27.9 Å². The molecule has 1 N–H and O–H groups in total. The lowest BCUT2D eigenvalue weighted by atomic mass is 9.85. The van der Waals surface area contributed by atoms with Crippen molar-refractivity contribution in [3.05, 3.63) is 45.8 Å². The number of rotatable bonds is 7. The van der Waals surface area contributed by atoms with Gasteiger partial charge in [-0.25, -0.2) is 9.48 Å². The Labute approximate surface area is 180 Å². The maximum atomic E-state index is 12.5. The minimum atomic E-state index is -4.86. The largest absolute Gasteiger partial charge is 0.573 e. The third-order valence-corrected chi connectivity index (χ3v) is 5.32. The molecule has 168 valence electrons. The van der Waals surface area contributed by atoms with Gasteiger partial charge < -0.3 is 14.6 Å². The molecular weight excluding hydrogens is 441 g/mol. The minimum absolute atomic E-state index is 0.0212. The molecule has 1 aromatic heterocycles. The molecule has 7 nitrogen and oxygen atoms in total. The molecule has 1 aliphatic rings. The molecule has 1 saturated carbocycles. The molecule has 11 heteroatoms. The van der Waals surface area contributed by atoms with Crippen LogP contribution >= 0.6 is 11.6 Å².